The van der Waals surface area contributed by atoms with Crippen LogP contribution in [-0.4, -0.2) is 54.7 Å². The molecule has 1 atom stereocenters. The van der Waals surface area contributed by atoms with E-state index in [4.69, 9.17) is 9.47 Å². The van der Waals surface area contributed by atoms with Gasteiger partial charge in [0.25, 0.3) is 11.7 Å². The lowest BCUT2D eigenvalue weighted by Crippen LogP contribution is -2.29. The zero-order chi connectivity index (χ0) is 27.7. The number of carbonyl (C=O) groups excluding carboxylic acids is 3. The SMILES string of the molecule is CCCOC(=O)c1cccc(N2C(=O)C(=O)/C(=C(\O)c3ccc4c(c3)N(C)CCO4)C2c2ccc(O)cc2)c1. The van der Waals surface area contributed by atoms with Crippen LogP contribution >= 0.6 is 0 Å². The number of aromatic hydroxyl groups is 1. The molecule has 3 aromatic rings. The Bertz CT molecular complexity index is 1480. The summed E-state index contributed by atoms with van der Waals surface area (Å²) in [6, 6.07) is 16.4. The van der Waals surface area contributed by atoms with Gasteiger partial charge in [-0.1, -0.05) is 25.1 Å². The van der Waals surface area contributed by atoms with E-state index in [2.05, 4.69) is 0 Å². The van der Waals surface area contributed by atoms with Gasteiger partial charge in [-0.15, -0.1) is 0 Å². The summed E-state index contributed by atoms with van der Waals surface area (Å²) in [5.74, 6) is -1.94. The van der Waals surface area contributed by atoms with Gasteiger partial charge in [0, 0.05) is 18.3 Å². The van der Waals surface area contributed by atoms with E-state index in [1.807, 2.05) is 18.9 Å². The highest BCUT2D eigenvalue weighted by atomic mass is 16.5. The first kappa shape index (κ1) is 25.8. The minimum atomic E-state index is -1.02. The third-order valence-corrected chi connectivity index (χ3v) is 6.78. The molecule has 1 unspecified atom stereocenters. The average Bonchev–Trinajstić information content (AvgIpc) is 3.21. The molecule has 0 aromatic heterocycles. The number of likely N-dealkylation sites (N-methyl/N-ethyl adjacent to an activating group) is 1. The first-order valence-electron chi connectivity index (χ1n) is 12.7. The molecule has 3 aromatic carbocycles. The summed E-state index contributed by atoms with van der Waals surface area (Å²) in [4.78, 5) is 42.7. The summed E-state index contributed by atoms with van der Waals surface area (Å²) in [6.45, 7) is 3.33. The van der Waals surface area contributed by atoms with Crippen molar-refractivity contribution >= 4 is 34.8 Å². The van der Waals surface area contributed by atoms with Crippen molar-refractivity contribution in [1.29, 1.82) is 0 Å². The van der Waals surface area contributed by atoms with Crippen LogP contribution in [0.5, 0.6) is 11.5 Å². The van der Waals surface area contributed by atoms with Crippen molar-refractivity contribution in [2.24, 2.45) is 0 Å². The summed E-state index contributed by atoms with van der Waals surface area (Å²) in [6.07, 6.45) is 0.658. The van der Waals surface area contributed by atoms with Crippen molar-refractivity contribution in [1.82, 2.24) is 0 Å². The van der Waals surface area contributed by atoms with Crippen molar-refractivity contribution in [3.05, 3.63) is 89.0 Å². The highest BCUT2D eigenvalue weighted by molar-refractivity contribution is 6.51. The molecule has 2 N–H and O–H groups in total. The predicted molar refractivity (Wildman–Crippen MR) is 145 cm³/mol. The molecule has 39 heavy (non-hydrogen) atoms. The molecule has 2 aliphatic heterocycles. The molecular weight excluding hydrogens is 500 g/mol. The van der Waals surface area contributed by atoms with E-state index < -0.39 is 23.7 Å². The molecule has 1 saturated heterocycles. The quantitative estimate of drug-likeness (QED) is 0.209. The number of amides is 1. The second-order valence-corrected chi connectivity index (χ2v) is 9.40. The summed E-state index contributed by atoms with van der Waals surface area (Å²) >= 11 is 0. The number of fused-ring (bicyclic) bond motifs is 1. The van der Waals surface area contributed by atoms with Gasteiger partial charge in [-0.2, -0.15) is 0 Å². The second kappa shape index (κ2) is 10.5. The number of benzene rings is 3. The van der Waals surface area contributed by atoms with Gasteiger partial charge in [-0.3, -0.25) is 14.5 Å². The first-order chi connectivity index (χ1) is 18.8. The lowest BCUT2D eigenvalue weighted by molar-refractivity contribution is -0.132. The van der Waals surface area contributed by atoms with Crippen LogP contribution in [0.3, 0.4) is 0 Å². The number of hydrogen-bond acceptors (Lipinski definition) is 8. The fraction of sp³-hybridized carbons (Fsp3) is 0.233. The molecule has 1 fully saturated rings. The fourth-order valence-corrected chi connectivity index (χ4v) is 4.79. The molecule has 9 nitrogen and oxygen atoms in total. The number of esters is 1. The maximum Gasteiger partial charge on any atom is 0.338 e. The number of anilines is 2. The standard InChI is InChI=1S/C30H28N2O7/c1-3-14-39-30(37)20-5-4-6-21(16-20)32-26(18-7-10-22(33)11-8-18)25(28(35)29(32)36)27(34)19-9-12-24-23(17-19)31(2)13-15-38-24/h4-12,16-17,26,33-34H,3,13-15H2,1-2H3/b27-25-. The van der Waals surface area contributed by atoms with E-state index in [-0.39, 0.29) is 29.3 Å². The number of aliphatic hydroxyl groups is 1. The molecule has 0 spiro atoms. The zero-order valence-electron chi connectivity index (χ0n) is 21.6. The molecule has 9 heteroatoms. The normalized spacial score (nSPS) is 18.1. The highest BCUT2D eigenvalue weighted by Crippen LogP contribution is 2.43. The molecule has 0 radical (unpaired) electrons. The minimum absolute atomic E-state index is 0.00842. The van der Waals surface area contributed by atoms with E-state index in [9.17, 15) is 24.6 Å². The Morgan fingerprint density at radius 1 is 1.05 bits per heavy atom. The van der Waals surface area contributed by atoms with Crippen molar-refractivity contribution in [2.75, 3.05) is 36.6 Å². The Hall–Kier alpha value is -4.79. The summed E-state index contributed by atoms with van der Waals surface area (Å²) < 4.78 is 10.9. The smallest absolute Gasteiger partial charge is 0.338 e. The van der Waals surface area contributed by atoms with Gasteiger partial charge in [-0.05, 0) is 60.5 Å². The average molecular weight is 529 g/mol. The number of Topliss-reactive ketones (excluding diaryl/α,β-unsaturated/α-hetero) is 1. The van der Waals surface area contributed by atoms with Crippen LogP contribution in [0.1, 0.15) is 40.9 Å². The lowest BCUT2D eigenvalue weighted by Gasteiger charge is -2.28. The summed E-state index contributed by atoms with van der Waals surface area (Å²) in [5.41, 5.74) is 2.00. The monoisotopic (exact) mass is 528 g/mol. The predicted octanol–water partition coefficient (Wildman–Crippen LogP) is 4.41. The molecule has 0 saturated carbocycles. The lowest BCUT2D eigenvalue weighted by atomic mass is 9.94. The molecule has 1 amide bonds. The number of phenolic OH excluding ortho intramolecular Hbond substituents is 1. The minimum Gasteiger partial charge on any atom is -0.508 e. The number of carbonyl (C=O) groups is 3. The van der Waals surface area contributed by atoms with Crippen LogP contribution in [0.25, 0.3) is 5.76 Å². The molecule has 2 aliphatic rings. The number of nitrogens with zero attached hydrogens (tertiary/aromatic N) is 2. The fourth-order valence-electron chi connectivity index (χ4n) is 4.79. The van der Waals surface area contributed by atoms with Crippen LogP contribution in [0.4, 0.5) is 11.4 Å². The number of ketones is 1. The second-order valence-electron chi connectivity index (χ2n) is 9.40. The van der Waals surface area contributed by atoms with E-state index >= 15 is 0 Å². The van der Waals surface area contributed by atoms with E-state index in [0.29, 0.717) is 42.1 Å². The van der Waals surface area contributed by atoms with Crippen LogP contribution in [0.2, 0.25) is 0 Å². The number of rotatable bonds is 6. The Labute approximate surface area is 225 Å². The van der Waals surface area contributed by atoms with Gasteiger partial charge in [0.1, 0.15) is 23.9 Å². The molecule has 0 aliphatic carbocycles. The Kier molecular flexibility index (Phi) is 6.98. The largest absolute Gasteiger partial charge is 0.508 e. The molecule has 0 bridgehead atoms. The Morgan fingerprint density at radius 3 is 2.56 bits per heavy atom. The van der Waals surface area contributed by atoms with E-state index in [1.165, 1.54) is 23.1 Å². The number of phenols is 1. The molecule has 200 valence electrons. The summed E-state index contributed by atoms with van der Waals surface area (Å²) in [5, 5.41) is 21.4. The first-order valence-corrected chi connectivity index (χ1v) is 12.7. The maximum absolute atomic E-state index is 13.5. The Morgan fingerprint density at radius 2 is 1.82 bits per heavy atom. The van der Waals surface area contributed by atoms with Gasteiger partial charge in [0.05, 0.1) is 36.0 Å². The van der Waals surface area contributed by atoms with Crippen molar-refractivity contribution in [3.63, 3.8) is 0 Å². The van der Waals surface area contributed by atoms with Gasteiger partial charge < -0.3 is 24.6 Å². The zero-order valence-corrected chi connectivity index (χ0v) is 21.6. The highest BCUT2D eigenvalue weighted by Gasteiger charge is 2.47. The van der Waals surface area contributed by atoms with Crippen LogP contribution in [0.15, 0.2) is 72.3 Å². The number of ether oxygens (including phenoxy) is 2. The van der Waals surface area contributed by atoms with Crippen molar-refractivity contribution in [2.45, 2.75) is 19.4 Å². The number of hydrogen-bond donors (Lipinski definition) is 2. The van der Waals surface area contributed by atoms with Crippen LogP contribution in [0, 0.1) is 0 Å². The van der Waals surface area contributed by atoms with Crippen LogP contribution < -0.4 is 14.5 Å². The van der Waals surface area contributed by atoms with Gasteiger partial charge >= 0.3 is 5.97 Å². The van der Waals surface area contributed by atoms with Gasteiger partial charge in [0.15, 0.2) is 0 Å². The van der Waals surface area contributed by atoms with Crippen molar-refractivity contribution < 1.29 is 34.1 Å². The van der Waals surface area contributed by atoms with Gasteiger partial charge in [-0.25, -0.2) is 4.79 Å². The third-order valence-electron chi connectivity index (χ3n) is 6.78. The molecule has 2 heterocycles. The van der Waals surface area contributed by atoms with E-state index in [0.717, 1.165) is 5.69 Å². The Balaban J connectivity index is 1.64. The van der Waals surface area contributed by atoms with Crippen molar-refractivity contribution in [3.8, 4) is 11.5 Å². The van der Waals surface area contributed by atoms with E-state index in [1.54, 1.807) is 48.5 Å². The maximum atomic E-state index is 13.5. The topological polar surface area (TPSA) is 117 Å². The molecular formula is C30H28N2O7. The molecule has 5 rings (SSSR count). The van der Waals surface area contributed by atoms with Gasteiger partial charge in [0.2, 0.25) is 0 Å². The number of aliphatic hydroxyl groups excluding tert-OH is 1. The van der Waals surface area contributed by atoms with Crippen LogP contribution in [-0.2, 0) is 14.3 Å². The summed E-state index contributed by atoms with van der Waals surface area (Å²) in [7, 11) is 1.90. The third kappa shape index (κ3) is 4.79.